The minimum Gasteiger partial charge on any atom is -0.311 e. The molecule has 3 heteroatoms. The summed E-state index contributed by atoms with van der Waals surface area (Å²) in [7, 11) is 4.05. The monoisotopic (exact) mass is 209 g/mol. The molecule has 0 aliphatic carbocycles. The molecule has 0 aliphatic rings. The van der Waals surface area contributed by atoms with Crippen molar-refractivity contribution in [2.24, 2.45) is 13.0 Å². The SMILES string of the molecule is CCCC(C)C(NC)c1cc(C)nn1C. The Morgan fingerprint density at radius 3 is 2.60 bits per heavy atom. The molecule has 0 saturated heterocycles. The lowest BCUT2D eigenvalue weighted by Gasteiger charge is -2.23. The van der Waals surface area contributed by atoms with Crippen LogP contribution in [0.3, 0.4) is 0 Å². The average molecular weight is 209 g/mol. The number of aromatic nitrogens is 2. The first-order chi connectivity index (χ1) is 7.10. The molecule has 0 aromatic carbocycles. The maximum absolute atomic E-state index is 4.40. The molecular weight excluding hydrogens is 186 g/mol. The Hall–Kier alpha value is -0.830. The van der Waals surface area contributed by atoms with Gasteiger partial charge in [0, 0.05) is 7.05 Å². The van der Waals surface area contributed by atoms with Crippen LogP contribution in [0.15, 0.2) is 6.07 Å². The van der Waals surface area contributed by atoms with Crippen LogP contribution in [0.2, 0.25) is 0 Å². The molecule has 0 spiro atoms. The Morgan fingerprint density at radius 2 is 2.20 bits per heavy atom. The second-order valence-corrected chi connectivity index (χ2v) is 4.37. The fraction of sp³-hybridized carbons (Fsp3) is 0.750. The molecule has 2 atom stereocenters. The molecule has 1 aromatic heterocycles. The Morgan fingerprint density at radius 1 is 1.53 bits per heavy atom. The lowest BCUT2D eigenvalue weighted by Crippen LogP contribution is -2.25. The van der Waals surface area contributed by atoms with E-state index in [1.807, 2.05) is 25.7 Å². The third-order valence-corrected chi connectivity index (χ3v) is 2.98. The molecule has 15 heavy (non-hydrogen) atoms. The van der Waals surface area contributed by atoms with Crippen LogP contribution >= 0.6 is 0 Å². The van der Waals surface area contributed by atoms with Crippen LogP contribution < -0.4 is 5.32 Å². The molecule has 3 nitrogen and oxygen atoms in total. The molecule has 1 rings (SSSR count). The number of aryl methyl sites for hydroxylation is 2. The summed E-state index contributed by atoms with van der Waals surface area (Å²) in [6.07, 6.45) is 2.48. The average Bonchev–Trinajstić information content (AvgIpc) is 2.47. The van der Waals surface area contributed by atoms with Gasteiger partial charge < -0.3 is 5.32 Å². The quantitative estimate of drug-likeness (QED) is 0.807. The summed E-state index contributed by atoms with van der Waals surface area (Å²) in [6.45, 7) is 6.57. The van der Waals surface area contributed by atoms with Crippen LogP contribution in [0, 0.1) is 12.8 Å². The van der Waals surface area contributed by atoms with E-state index in [1.54, 1.807) is 0 Å². The Labute approximate surface area is 92.9 Å². The van der Waals surface area contributed by atoms with Gasteiger partial charge >= 0.3 is 0 Å². The highest BCUT2D eigenvalue weighted by atomic mass is 15.3. The summed E-state index contributed by atoms with van der Waals surface area (Å²) in [5.41, 5.74) is 2.38. The lowest BCUT2D eigenvalue weighted by molar-refractivity contribution is 0.366. The van der Waals surface area contributed by atoms with E-state index in [0.29, 0.717) is 12.0 Å². The highest BCUT2D eigenvalue weighted by Crippen LogP contribution is 2.25. The van der Waals surface area contributed by atoms with E-state index in [0.717, 1.165) is 5.69 Å². The summed E-state index contributed by atoms with van der Waals surface area (Å²) in [6, 6.07) is 2.59. The van der Waals surface area contributed by atoms with Crippen molar-refractivity contribution < 1.29 is 0 Å². The van der Waals surface area contributed by atoms with Gasteiger partial charge in [-0.15, -0.1) is 0 Å². The van der Waals surface area contributed by atoms with Crippen molar-refractivity contribution >= 4 is 0 Å². The molecule has 1 aromatic rings. The van der Waals surface area contributed by atoms with Crippen molar-refractivity contribution in [2.45, 2.75) is 39.7 Å². The molecule has 0 amide bonds. The smallest absolute Gasteiger partial charge is 0.0597 e. The minimum atomic E-state index is 0.413. The fourth-order valence-corrected chi connectivity index (χ4v) is 2.27. The van der Waals surface area contributed by atoms with Crippen LogP contribution in [-0.4, -0.2) is 16.8 Å². The van der Waals surface area contributed by atoms with Crippen molar-refractivity contribution in [3.63, 3.8) is 0 Å². The predicted molar refractivity (Wildman–Crippen MR) is 63.8 cm³/mol. The van der Waals surface area contributed by atoms with E-state index in [-0.39, 0.29) is 0 Å². The zero-order chi connectivity index (χ0) is 11.4. The van der Waals surface area contributed by atoms with Crippen molar-refractivity contribution in [2.75, 3.05) is 7.05 Å². The largest absolute Gasteiger partial charge is 0.311 e. The Bertz CT molecular complexity index is 304. The van der Waals surface area contributed by atoms with E-state index < -0.39 is 0 Å². The number of hydrogen-bond donors (Lipinski definition) is 1. The van der Waals surface area contributed by atoms with Gasteiger partial charge in [-0.3, -0.25) is 4.68 Å². The molecular formula is C12H23N3. The van der Waals surface area contributed by atoms with Gasteiger partial charge in [0.2, 0.25) is 0 Å². The van der Waals surface area contributed by atoms with Crippen LogP contribution in [0.4, 0.5) is 0 Å². The van der Waals surface area contributed by atoms with E-state index in [1.165, 1.54) is 18.5 Å². The third kappa shape index (κ3) is 2.81. The first-order valence-corrected chi connectivity index (χ1v) is 5.78. The van der Waals surface area contributed by atoms with Gasteiger partial charge in [-0.05, 0) is 32.4 Å². The zero-order valence-corrected chi connectivity index (χ0v) is 10.5. The van der Waals surface area contributed by atoms with Gasteiger partial charge in [-0.2, -0.15) is 5.10 Å². The van der Waals surface area contributed by atoms with Crippen molar-refractivity contribution in [3.8, 4) is 0 Å². The highest BCUT2D eigenvalue weighted by molar-refractivity contribution is 5.13. The number of hydrogen-bond acceptors (Lipinski definition) is 2. The number of nitrogens with one attached hydrogen (secondary N) is 1. The van der Waals surface area contributed by atoms with E-state index in [2.05, 4.69) is 30.3 Å². The molecule has 0 bridgehead atoms. The topological polar surface area (TPSA) is 29.9 Å². The summed E-state index contributed by atoms with van der Waals surface area (Å²) < 4.78 is 1.99. The molecule has 0 fully saturated rings. The highest BCUT2D eigenvalue weighted by Gasteiger charge is 2.20. The standard InChI is InChI=1S/C12H23N3/c1-6-7-9(2)12(13-4)11-8-10(3)14-15(11)5/h8-9,12-13H,6-7H2,1-5H3. The second-order valence-electron chi connectivity index (χ2n) is 4.37. The molecule has 0 saturated carbocycles. The van der Waals surface area contributed by atoms with Gasteiger partial charge in [-0.25, -0.2) is 0 Å². The molecule has 0 radical (unpaired) electrons. The second kappa shape index (κ2) is 5.31. The van der Waals surface area contributed by atoms with E-state index in [4.69, 9.17) is 0 Å². The fourth-order valence-electron chi connectivity index (χ4n) is 2.27. The number of nitrogens with zero attached hydrogens (tertiary/aromatic N) is 2. The van der Waals surface area contributed by atoms with Crippen LogP contribution in [-0.2, 0) is 7.05 Å². The molecule has 1 N–H and O–H groups in total. The predicted octanol–water partition coefficient (Wildman–Crippen LogP) is 2.43. The Balaban J connectivity index is 2.86. The first kappa shape index (κ1) is 12.2. The summed E-state index contributed by atoms with van der Waals surface area (Å²) in [5, 5.41) is 7.80. The van der Waals surface area contributed by atoms with Gasteiger partial charge in [0.1, 0.15) is 0 Å². The summed E-state index contributed by atoms with van der Waals surface area (Å²) in [4.78, 5) is 0. The molecule has 86 valence electrons. The minimum absolute atomic E-state index is 0.413. The van der Waals surface area contributed by atoms with Crippen molar-refractivity contribution in [1.82, 2.24) is 15.1 Å². The maximum atomic E-state index is 4.40. The maximum Gasteiger partial charge on any atom is 0.0597 e. The first-order valence-electron chi connectivity index (χ1n) is 5.78. The third-order valence-electron chi connectivity index (χ3n) is 2.98. The Kier molecular flexibility index (Phi) is 4.33. The van der Waals surface area contributed by atoms with Crippen LogP contribution in [0.25, 0.3) is 0 Å². The van der Waals surface area contributed by atoms with Crippen molar-refractivity contribution in [1.29, 1.82) is 0 Å². The summed E-state index contributed by atoms with van der Waals surface area (Å²) in [5.74, 6) is 0.648. The van der Waals surface area contributed by atoms with Crippen LogP contribution in [0.1, 0.15) is 44.1 Å². The van der Waals surface area contributed by atoms with Gasteiger partial charge in [0.05, 0.1) is 17.4 Å². The van der Waals surface area contributed by atoms with Gasteiger partial charge in [0.25, 0.3) is 0 Å². The molecule has 2 unspecified atom stereocenters. The van der Waals surface area contributed by atoms with E-state index in [9.17, 15) is 0 Å². The van der Waals surface area contributed by atoms with Gasteiger partial charge in [0.15, 0.2) is 0 Å². The van der Waals surface area contributed by atoms with Gasteiger partial charge in [-0.1, -0.05) is 20.3 Å². The van der Waals surface area contributed by atoms with Crippen molar-refractivity contribution in [3.05, 3.63) is 17.5 Å². The molecule has 0 aliphatic heterocycles. The number of rotatable bonds is 5. The molecule has 1 heterocycles. The lowest BCUT2D eigenvalue weighted by atomic mass is 9.94. The normalized spacial score (nSPS) is 15.3. The summed E-state index contributed by atoms with van der Waals surface area (Å²) >= 11 is 0. The van der Waals surface area contributed by atoms with E-state index >= 15 is 0 Å². The van der Waals surface area contributed by atoms with Crippen LogP contribution in [0.5, 0.6) is 0 Å². The zero-order valence-electron chi connectivity index (χ0n) is 10.5.